The Bertz CT molecular complexity index is 1180. The van der Waals surface area contributed by atoms with E-state index in [1.54, 1.807) is 0 Å². The van der Waals surface area contributed by atoms with Gasteiger partial charge in [0.05, 0.1) is 6.04 Å². The molecule has 0 saturated carbocycles. The van der Waals surface area contributed by atoms with Crippen LogP contribution in [0.5, 0.6) is 0 Å². The summed E-state index contributed by atoms with van der Waals surface area (Å²) in [5.41, 5.74) is 4.15. The lowest BCUT2D eigenvalue weighted by Gasteiger charge is -2.32. The minimum Gasteiger partial charge on any atom is -0.480 e. The number of carboxylic acids is 1. The number of aliphatic carboxylic acids is 1. The molecule has 2 aliphatic heterocycles. The van der Waals surface area contributed by atoms with Crippen molar-refractivity contribution in [2.75, 3.05) is 19.7 Å². The molecular weight excluding hydrogens is 474 g/mol. The largest absolute Gasteiger partial charge is 0.480 e. The lowest BCUT2D eigenvalue weighted by atomic mass is 9.98. The number of fused-ring (bicyclic) bond motifs is 3. The number of hydrogen-bond donors (Lipinski definition) is 2. The fraction of sp³-hybridized carbons (Fsp3) is 0.429. The van der Waals surface area contributed by atoms with E-state index < -0.39 is 30.1 Å². The van der Waals surface area contributed by atoms with Gasteiger partial charge in [0.1, 0.15) is 18.7 Å². The van der Waals surface area contributed by atoms with Crippen LogP contribution in [0.1, 0.15) is 49.7 Å². The van der Waals surface area contributed by atoms with Crippen molar-refractivity contribution in [1.82, 2.24) is 15.1 Å². The Morgan fingerprint density at radius 2 is 1.68 bits per heavy atom. The van der Waals surface area contributed by atoms with E-state index in [-0.39, 0.29) is 24.5 Å². The summed E-state index contributed by atoms with van der Waals surface area (Å²) in [4.78, 5) is 54.0. The van der Waals surface area contributed by atoms with Crippen molar-refractivity contribution in [3.8, 4) is 11.1 Å². The Morgan fingerprint density at radius 3 is 2.27 bits per heavy atom. The molecule has 3 aliphatic rings. The van der Waals surface area contributed by atoms with Gasteiger partial charge in [0.25, 0.3) is 5.91 Å². The van der Waals surface area contributed by atoms with Gasteiger partial charge in [-0.2, -0.15) is 0 Å². The van der Waals surface area contributed by atoms with Crippen LogP contribution < -0.4 is 5.32 Å². The number of carboxylic acid groups (broad SMARTS) is 1. The normalized spacial score (nSPS) is 21.3. The fourth-order valence-corrected chi connectivity index (χ4v) is 5.76. The first kappa shape index (κ1) is 25.0. The summed E-state index contributed by atoms with van der Waals surface area (Å²) in [5, 5.41) is 12.8. The van der Waals surface area contributed by atoms with Crippen molar-refractivity contribution >= 4 is 23.9 Å². The molecule has 0 bridgehead atoms. The van der Waals surface area contributed by atoms with Crippen molar-refractivity contribution < 1.29 is 29.0 Å². The quantitative estimate of drug-likeness (QED) is 0.620. The van der Waals surface area contributed by atoms with Crippen LogP contribution in [0.3, 0.4) is 0 Å². The summed E-state index contributed by atoms with van der Waals surface area (Å²) < 4.78 is 5.64. The third-order valence-electron chi connectivity index (χ3n) is 7.69. The molecule has 0 spiro atoms. The second-order valence-corrected chi connectivity index (χ2v) is 9.87. The van der Waals surface area contributed by atoms with Gasteiger partial charge in [-0.15, -0.1) is 0 Å². The van der Waals surface area contributed by atoms with Gasteiger partial charge in [-0.25, -0.2) is 14.5 Å². The molecule has 2 heterocycles. The highest BCUT2D eigenvalue weighted by Gasteiger charge is 2.44. The van der Waals surface area contributed by atoms with Gasteiger partial charge in [0, 0.05) is 12.5 Å². The molecule has 0 unspecified atom stereocenters. The molecule has 3 amide bonds. The molecule has 2 saturated heterocycles. The number of rotatable bonds is 6. The average molecular weight is 506 g/mol. The van der Waals surface area contributed by atoms with E-state index in [0.717, 1.165) is 35.2 Å². The molecule has 9 heteroatoms. The summed E-state index contributed by atoms with van der Waals surface area (Å²) >= 11 is 0. The van der Waals surface area contributed by atoms with E-state index in [9.17, 15) is 24.3 Å². The first-order valence-corrected chi connectivity index (χ1v) is 12.8. The molecule has 1 aliphatic carbocycles. The summed E-state index contributed by atoms with van der Waals surface area (Å²) in [6, 6.07) is 13.1. The minimum absolute atomic E-state index is 0.0394. The standard InChI is InChI=1S/C28H31N3O6/c1-17(27(34)35)31(26(33)24-13-7-15-30(24)25(32)23-12-6-14-29-23)28(36)37-16-22-20-10-4-2-8-18(20)19-9-3-5-11-21(19)22/h2-5,8-11,17,22-24,29H,6-7,12-16H2,1H3,(H,34,35)/t17-,23-,24-/m0/s1. The maximum absolute atomic E-state index is 13.6. The molecule has 9 nitrogen and oxygen atoms in total. The van der Waals surface area contributed by atoms with Crippen molar-refractivity contribution in [2.24, 2.45) is 0 Å². The van der Waals surface area contributed by atoms with E-state index in [4.69, 9.17) is 4.74 Å². The van der Waals surface area contributed by atoms with E-state index in [1.165, 1.54) is 11.8 Å². The van der Waals surface area contributed by atoms with Crippen molar-refractivity contribution in [3.05, 3.63) is 59.7 Å². The molecule has 37 heavy (non-hydrogen) atoms. The second kappa shape index (κ2) is 10.3. The van der Waals surface area contributed by atoms with Crippen LogP contribution in [0.25, 0.3) is 11.1 Å². The Labute approximate surface area is 215 Å². The zero-order valence-corrected chi connectivity index (χ0v) is 20.8. The van der Waals surface area contributed by atoms with Gasteiger partial charge < -0.3 is 20.1 Å². The van der Waals surface area contributed by atoms with Crippen LogP contribution in [0.15, 0.2) is 48.5 Å². The van der Waals surface area contributed by atoms with Crippen molar-refractivity contribution in [3.63, 3.8) is 0 Å². The van der Waals surface area contributed by atoms with Crippen LogP contribution in [0.4, 0.5) is 4.79 Å². The molecule has 0 radical (unpaired) electrons. The third-order valence-corrected chi connectivity index (χ3v) is 7.69. The molecule has 3 atom stereocenters. The minimum atomic E-state index is -1.44. The number of likely N-dealkylation sites (tertiary alicyclic amines) is 1. The molecule has 0 aromatic heterocycles. The maximum Gasteiger partial charge on any atom is 0.417 e. The molecule has 2 N–H and O–H groups in total. The zero-order valence-electron chi connectivity index (χ0n) is 20.8. The Balaban J connectivity index is 1.35. The molecule has 2 aromatic carbocycles. The Hall–Kier alpha value is -3.72. The highest BCUT2D eigenvalue weighted by atomic mass is 16.6. The van der Waals surface area contributed by atoms with Crippen LogP contribution in [-0.4, -0.2) is 76.6 Å². The summed E-state index contributed by atoms with van der Waals surface area (Å²) in [7, 11) is 0. The molecule has 2 fully saturated rings. The molecule has 2 aromatic rings. The van der Waals surface area contributed by atoms with E-state index in [1.807, 2.05) is 48.5 Å². The summed E-state index contributed by atoms with van der Waals surface area (Å²) in [6.07, 6.45) is 1.54. The van der Waals surface area contributed by atoms with Gasteiger partial charge in [0.15, 0.2) is 0 Å². The number of hydrogen-bond acceptors (Lipinski definition) is 6. The summed E-state index contributed by atoms with van der Waals surface area (Å²) in [6.45, 7) is 2.38. The third kappa shape index (κ3) is 4.59. The Kier molecular flexibility index (Phi) is 6.97. The van der Waals surface area contributed by atoms with Gasteiger partial charge in [-0.1, -0.05) is 48.5 Å². The van der Waals surface area contributed by atoms with Crippen molar-refractivity contribution in [2.45, 2.75) is 56.7 Å². The topological polar surface area (TPSA) is 116 Å². The first-order chi connectivity index (χ1) is 17.9. The number of nitrogens with zero attached hydrogens (tertiary/aromatic N) is 2. The fourth-order valence-electron chi connectivity index (χ4n) is 5.76. The number of benzene rings is 2. The van der Waals surface area contributed by atoms with E-state index in [0.29, 0.717) is 30.7 Å². The highest BCUT2D eigenvalue weighted by molar-refractivity contribution is 6.01. The first-order valence-electron chi connectivity index (χ1n) is 12.8. The van der Waals surface area contributed by atoms with Crippen LogP contribution >= 0.6 is 0 Å². The highest BCUT2D eigenvalue weighted by Crippen LogP contribution is 2.44. The molecule has 194 valence electrons. The van der Waals surface area contributed by atoms with Gasteiger partial charge in [-0.05, 0) is 61.4 Å². The smallest absolute Gasteiger partial charge is 0.417 e. The van der Waals surface area contributed by atoms with Gasteiger partial charge in [0.2, 0.25) is 5.91 Å². The van der Waals surface area contributed by atoms with Crippen LogP contribution in [-0.2, 0) is 19.1 Å². The zero-order chi connectivity index (χ0) is 26.1. The number of imide groups is 1. The predicted molar refractivity (Wildman–Crippen MR) is 135 cm³/mol. The predicted octanol–water partition coefficient (Wildman–Crippen LogP) is 2.98. The second-order valence-electron chi connectivity index (χ2n) is 9.87. The van der Waals surface area contributed by atoms with Crippen molar-refractivity contribution in [1.29, 1.82) is 0 Å². The molecular formula is C28H31N3O6. The lowest BCUT2D eigenvalue weighted by Crippen LogP contribution is -2.56. The Morgan fingerprint density at radius 1 is 1.03 bits per heavy atom. The van der Waals surface area contributed by atoms with Gasteiger partial charge >= 0.3 is 12.1 Å². The van der Waals surface area contributed by atoms with Crippen LogP contribution in [0.2, 0.25) is 0 Å². The maximum atomic E-state index is 13.6. The van der Waals surface area contributed by atoms with E-state index in [2.05, 4.69) is 5.32 Å². The number of nitrogens with one attached hydrogen (secondary N) is 1. The SMILES string of the molecule is C[C@@H](C(=O)O)N(C(=O)OCC1c2ccccc2-c2ccccc21)C(=O)[C@@H]1CCCN1C(=O)[C@@H]1CCCN1. The average Bonchev–Trinajstić information content (AvgIpc) is 3.67. The van der Waals surface area contributed by atoms with Crippen LogP contribution in [0, 0.1) is 0 Å². The monoisotopic (exact) mass is 505 g/mol. The summed E-state index contributed by atoms with van der Waals surface area (Å²) in [5.74, 6) is -2.44. The number of carbonyl (C=O) groups excluding carboxylic acids is 3. The van der Waals surface area contributed by atoms with Gasteiger partial charge in [-0.3, -0.25) is 9.59 Å². The number of amides is 3. The number of carbonyl (C=O) groups is 4. The van der Waals surface area contributed by atoms with E-state index >= 15 is 0 Å². The molecule has 5 rings (SSSR count). The number of ether oxygens (including phenoxy) is 1. The lowest BCUT2D eigenvalue weighted by molar-refractivity contribution is -0.151.